The van der Waals surface area contributed by atoms with Crippen molar-refractivity contribution >= 4 is 11.8 Å². The molecule has 84 valence electrons. The van der Waals surface area contributed by atoms with Crippen molar-refractivity contribution in [1.29, 1.82) is 0 Å². The Morgan fingerprint density at radius 2 is 2.20 bits per heavy atom. The molecule has 0 aromatic carbocycles. The highest BCUT2D eigenvalue weighted by atomic mass is 32.2. The summed E-state index contributed by atoms with van der Waals surface area (Å²) in [6.07, 6.45) is 8.58. The molecule has 1 N–H and O–H groups in total. The fraction of sp³-hybridized carbons (Fsp3) is 0.636. The van der Waals surface area contributed by atoms with E-state index in [2.05, 4.69) is 35.4 Å². The van der Waals surface area contributed by atoms with Crippen molar-refractivity contribution in [2.45, 2.75) is 32.4 Å². The van der Waals surface area contributed by atoms with E-state index in [1.165, 1.54) is 12.2 Å². The molecule has 4 heteroatoms. The molecular weight excluding hydrogens is 206 g/mol. The smallest absolute Gasteiger partial charge is 0.0753 e. The number of hydrogen-bond donors (Lipinski definition) is 1. The lowest BCUT2D eigenvalue weighted by atomic mass is 10.2. The van der Waals surface area contributed by atoms with E-state index >= 15 is 0 Å². The van der Waals surface area contributed by atoms with Gasteiger partial charge in [-0.2, -0.15) is 11.8 Å². The lowest BCUT2D eigenvalue weighted by Gasteiger charge is -2.18. The first-order valence-electron chi connectivity index (χ1n) is 5.25. The fourth-order valence-corrected chi connectivity index (χ4v) is 2.01. The summed E-state index contributed by atoms with van der Waals surface area (Å²) in [7, 11) is 0. The van der Waals surface area contributed by atoms with Crippen LogP contribution in [0.3, 0.4) is 0 Å². The normalized spacial score (nSPS) is 14.9. The highest BCUT2D eigenvalue weighted by Crippen LogP contribution is 2.09. The molecule has 1 rings (SSSR count). The molecule has 0 radical (unpaired) electrons. The Balaban J connectivity index is 2.38. The van der Waals surface area contributed by atoms with Crippen LogP contribution in [0, 0.1) is 0 Å². The Morgan fingerprint density at radius 1 is 1.40 bits per heavy atom. The van der Waals surface area contributed by atoms with Crippen LogP contribution in [0.15, 0.2) is 18.6 Å². The summed E-state index contributed by atoms with van der Waals surface area (Å²) < 4.78 is 0. The maximum atomic E-state index is 4.28. The summed E-state index contributed by atoms with van der Waals surface area (Å²) in [5, 5.41) is 3.52. The van der Waals surface area contributed by atoms with Gasteiger partial charge in [0.2, 0.25) is 0 Å². The van der Waals surface area contributed by atoms with Crippen LogP contribution < -0.4 is 5.32 Å². The minimum atomic E-state index is 0.274. The van der Waals surface area contributed by atoms with Crippen molar-refractivity contribution in [3.8, 4) is 0 Å². The molecule has 0 bridgehead atoms. The van der Waals surface area contributed by atoms with Crippen LogP contribution in [0.1, 0.15) is 32.0 Å². The largest absolute Gasteiger partial charge is 0.306 e. The predicted octanol–water partition coefficient (Wildman–Crippen LogP) is 2.27. The van der Waals surface area contributed by atoms with E-state index in [-0.39, 0.29) is 6.04 Å². The zero-order valence-electron chi connectivity index (χ0n) is 9.60. The first-order chi connectivity index (χ1) is 7.24. The minimum Gasteiger partial charge on any atom is -0.306 e. The van der Waals surface area contributed by atoms with Crippen LogP contribution in [0.25, 0.3) is 0 Å². The highest BCUT2D eigenvalue weighted by molar-refractivity contribution is 7.98. The van der Waals surface area contributed by atoms with Gasteiger partial charge in [0.15, 0.2) is 0 Å². The van der Waals surface area contributed by atoms with E-state index in [9.17, 15) is 0 Å². The van der Waals surface area contributed by atoms with Gasteiger partial charge in [0.1, 0.15) is 0 Å². The number of nitrogens with one attached hydrogen (secondary N) is 1. The van der Waals surface area contributed by atoms with Crippen molar-refractivity contribution < 1.29 is 0 Å². The second kappa shape index (κ2) is 6.80. The average molecular weight is 225 g/mol. The summed E-state index contributed by atoms with van der Waals surface area (Å²) >= 11 is 1.88. The van der Waals surface area contributed by atoms with Crippen LogP contribution in [0.4, 0.5) is 0 Å². The van der Waals surface area contributed by atoms with Gasteiger partial charge in [-0.05, 0) is 32.3 Å². The molecule has 0 saturated carbocycles. The first kappa shape index (κ1) is 12.5. The summed E-state index contributed by atoms with van der Waals surface area (Å²) in [5.41, 5.74) is 1.01. The lowest BCUT2D eigenvalue weighted by Crippen LogP contribution is -2.29. The monoisotopic (exact) mass is 225 g/mol. The van der Waals surface area contributed by atoms with Gasteiger partial charge in [-0.15, -0.1) is 0 Å². The second-order valence-electron chi connectivity index (χ2n) is 3.70. The standard InChI is InChI=1S/C11H19N3S/c1-9(4-7-15-3)14-10(2)11-8-12-5-6-13-11/h5-6,8-10,14H,4,7H2,1-3H3. The Bertz CT molecular complexity index is 266. The minimum absolute atomic E-state index is 0.274. The van der Waals surface area contributed by atoms with Gasteiger partial charge in [-0.25, -0.2) is 0 Å². The molecule has 0 saturated heterocycles. The number of thioether (sulfide) groups is 1. The molecule has 0 fully saturated rings. The van der Waals surface area contributed by atoms with E-state index in [1.54, 1.807) is 12.4 Å². The SMILES string of the molecule is CSCCC(C)NC(C)c1cnccn1. The Labute approximate surface area is 96.1 Å². The topological polar surface area (TPSA) is 37.8 Å². The Morgan fingerprint density at radius 3 is 2.80 bits per heavy atom. The molecule has 2 unspecified atom stereocenters. The third-order valence-corrected chi connectivity index (χ3v) is 2.96. The summed E-state index contributed by atoms with van der Waals surface area (Å²) in [5.74, 6) is 1.20. The maximum absolute atomic E-state index is 4.28. The van der Waals surface area contributed by atoms with Gasteiger partial charge in [-0.3, -0.25) is 9.97 Å². The van der Waals surface area contributed by atoms with Gasteiger partial charge in [-0.1, -0.05) is 0 Å². The van der Waals surface area contributed by atoms with Gasteiger partial charge < -0.3 is 5.32 Å². The molecule has 0 aliphatic rings. The molecule has 0 spiro atoms. The highest BCUT2D eigenvalue weighted by Gasteiger charge is 2.09. The van der Waals surface area contributed by atoms with E-state index < -0.39 is 0 Å². The third kappa shape index (κ3) is 4.62. The molecule has 1 heterocycles. The molecule has 1 aromatic heterocycles. The van der Waals surface area contributed by atoms with Crippen LogP contribution in [-0.2, 0) is 0 Å². The average Bonchev–Trinajstić information content (AvgIpc) is 2.27. The maximum Gasteiger partial charge on any atom is 0.0753 e. The predicted molar refractivity (Wildman–Crippen MR) is 66.0 cm³/mol. The van der Waals surface area contributed by atoms with E-state index in [4.69, 9.17) is 0 Å². The number of nitrogens with zero attached hydrogens (tertiary/aromatic N) is 2. The van der Waals surface area contributed by atoms with E-state index in [0.717, 1.165) is 5.69 Å². The molecule has 1 aromatic rings. The van der Waals surface area contributed by atoms with Crippen molar-refractivity contribution in [2.24, 2.45) is 0 Å². The summed E-state index contributed by atoms with van der Waals surface area (Å²) in [6, 6.07) is 0.796. The summed E-state index contributed by atoms with van der Waals surface area (Å²) in [4.78, 5) is 8.35. The Kier molecular flexibility index (Phi) is 5.65. The van der Waals surface area contributed by atoms with Crippen molar-refractivity contribution in [1.82, 2.24) is 15.3 Å². The molecule has 2 atom stereocenters. The number of hydrogen-bond acceptors (Lipinski definition) is 4. The zero-order chi connectivity index (χ0) is 11.1. The molecule has 0 aliphatic heterocycles. The lowest BCUT2D eigenvalue weighted by molar-refractivity contribution is 0.464. The third-order valence-electron chi connectivity index (χ3n) is 2.32. The Hall–Kier alpha value is -0.610. The summed E-state index contributed by atoms with van der Waals surface area (Å²) in [6.45, 7) is 4.34. The van der Waals surface area contributed by atoms with Gasteiger partial charge >= 0.3 is 0 Å². The first-order valence-corrected chi connectivity index (χ1v) is 6.64. The fourth-order valence-electron chi connectivity index (χ4n) is 1.42. The van der Waals surface area contributed by atoms with Gasteiger partial charge in [0, 0.05) is 30.7 Å². The molecule has 0 amide bonds. The van der Waals surface area contributed by atoms with Crippen LogP contribution in [0.5, 0.6) is 0 Å². The number of rotatable bonds is 6. The van der Waals surface area contributed by atoms with Gasteiger partial charge in [0.05, 0.1) is 5.69 Å². The molecule has 0 aliphatic carbocycles. The molecule has 15 heavy (non-hydrogen) atoms. The van der Waals surface area contributed by atoms with E-state index in [1.807, 2.05) is 18.0 Å². The molecule has 3 nitrogen and oxygen atoms in total. The van der Waals surface area contributed by atoms with Gasteiger partial charge in [0.25, 0.3) is 0 Å². The van der Waals surface area contributed by atoms with Crippen molar-refractivity contribution in [2.75, 3.05) is 12.0 Å². The van der Waals surface area contributed by atoms with Crippen molar-refractivity contribution in [3.05, 3.63) is 24.3 Å². The second-order valence-corrected chi connectivity index (χ2v) is 4.69. The van der Waals surface area contributed by atoms with E-state index in [0.29, 0.717) is 6.04 Å². The molecular formula is C11H19N3S. The quantitative estimate of drug-likeness (QED) is 0.806. The van der Waals surface area contributed by atoms with Crippen LogP contribution in [-0.4, -0.2) is 28.0 Å². The van der Waals surface area contributed by atoms with Crippen LogP contribution in [0.2, 0.25) is 0 Å². The van der Waals surface area contributed by atoms with Crippen molar-refractivity contribution in [3.63, 3.8) is 0 Å². The number of aromatic nitrogens is 2. The zero-order valence-corrected chi connectivity index (χ0v) is 10.4. The van der Waals surface area contributed by atoms with Crippen LogP contribution >= 0.6 is 11.8 Å².